The van der Waals surface area contributed by atoms with Crippen molar-refractivity contribution in [3.05, 3.63) is 54.0 Å². The minimum atomic E-state index is -2.87. The van der Waals surface area contributed by atoms with Gasteiger partial charge < -0.3 is 24.5 Å². The number of nitrogens with zero attached hydrogens (tertiary/aromatic N) is 2. The van der Waals surface area contributed by atoms with Crippen molar-refractivity contribution in [2.45, 2.75) is 26.0 Å². The topological polar surface area (TPSA) is 71.3 Å². The molecule has 0 amide bonds. The van der Waals surface area contributed by atoms with E-state index in [2.05, 4.69) is 25.3 Å². The number of ether oxygens (including phenoxy) is 2. The summed E-state index contributed by atoms with van der Waals surface area (Å²) >= 11 is 0. The highest BCUT2D eigenvalue weighted by molar-refractivity contribution is 5.79. The summed E-state index contributed by atoms with van der Waals surface area (Å²) in [7, 11) is 0. The molecule has 0 atom stereocenters. The fourth-order valence-electron chi connectivity index (χ4n) is 3.28. The molecule has 3 rings (SSSR count). The standard InChI is InChI=1S/C22H30F2N4O3/c23-21(24)31-20-7-2-1-5-18(20)17-27-22(26-10-8-19-6-3-14-30-19)25-9-4-11-28-12-15-29-16-13-28/h1-3,5-7,14,21H,4,8-13,15-17H2,(H2,25,26,27). The molecule has 31 heavy (non-hydrogen) atoms. The molecule has 1 aliphatic rings. The Morgan fingerprint density at radius 3 is 2.68 bits per heavy atom. The van der Waals surface area contributed by atoms with E-state index in [1.165, 1.54) is 6.07 Å². The van der Waals surface area contributed by atoms with E-state index in [-0.39, 0.29) is 12.3 Å². The van der Waals surface area contributed by atoms with Gasteiger partial charge in [-0.2, -0.15) is 8.78 Å². The normalized spacial score (nSPS) is 15.3. The third-order valence-electron chi connectivity index (χ3n) is 4.89. The number of hydrogen-bond donors (Lipinski definition) is 2. The smallest absolute Gasteiger partial charge is 0.387 e. The van der Waals surface area contributed by atoms with Crippen LogP contribution in [0.4, 0.5) is 8.78 Å². The molecule has 1 saturated heterocycles. The van der Waals surface area contributed by atoms with Crippen LogP contribution in [0.1, 0.15) is 17.7 Å². The van der Waals surface area contributed by atoms with Gasteiger partial charge in [0, 0.05) is 38.2 Å². The van der Waals surface area contributed by atoms with Crippen LogP contribution in [0.3, 0.4) is 0 Å². The van der Waals surface area contributed by atoms with Gasteiger partial charge in [-0.15, -0.1) is 0 Å². The average molecular weight is 437 g/mol. The first kappa shape index (κ1) is 23.0. The van der Waals surface area contributed by atoms with Gasteiger partial charge in [0.25, 0.3) is 0 Å². The monoisotopic (exact) mass is 436 g/mol. The fraction of sp³-hybridized carbons (Fsp3) is 0.500. The average Bonchev–Trinajstić information content (AvgIpc) is 3.29. The summed E-state index contributed by atoms with van der Waals surface area (Å²) in [4.78, 5) is 6.95. The Labute approximate surface area is 181 Å². The molecule has 1 aromatic heterocycles. The number of morpholine rings is 1. The van der Waals surface area contributed by atoms with Gasteiger partial charge in [-0.05, 0) is 31.2 Å². The van der Waals surface area contributed by atoms with Crippen molar-refractivity contribution in [2.24, 2.45) is 4.99 Å². The van der Waals surface area contributed by atoms with Gasteiger partial charge in [0.05, 0.1) is 26.0 Å². The largest absolute Gasteiger partial charge is 0.469 e. The quantitative estimate of drug-likeness (QED) is 0.321. The van der Waals surface area contributed by atoms with Crippen LogP contribution in [0.15, 0.2) is 52.1 Å². The lowest BCUT2D eigenvalue weighted by Crippen LogP contribution is -2.41. The first-order valence-electron chi connectivity index (χ1n) is 10.6. The molecular weight excluding hydrogens is 406 g/mol. The predicted octanol–water partition coefficient (Wildman–Crippen LogP) is 2.88. The second-order valence-corrected chi connectivity index (χ2v) is 7.14. The third-order valence-corrected chi connectivity index (χ3v) is 4.89. The maximum Gasteiger partial charge on any atom is 0.387 e. The van der Waals surface area contributed by atoms with Crippen LogP contribution in [0, 0.1) is 0 Å². The van der Waals surface area contributed by atoms with Crippen LogP contribution in [0.2, 0.25) is 0 Å². The van der Waals surface area contributed by atoms with Crippen molar-refractivity contribution in [3.8, 4) is 5.75 Å². The lowest BCUT2D eigenvalue weighted by atomic mass is 10.2. The van der Waals surface area contributed by atoms with E-state index in [0.29, 0.717) is 24.5 Å². The van der Waals surface area contributed by atoms with Crippen molar-refractivity contribution < 1.29 is 22.7 Å². The predicted molar refractivity (Wildman–Crippen MR) is 115 cm³/mol. The van der Waals surface area contributed by atoms with Crippen molar-refractivity contribution in [1.82, 2.24) is 15.5 Å². The highest BCUT2D eigenvalue weighted by Gasteiger charge is 2.11. The number of guanidine groups is 1. The lowest BCUT2D eigenvalue weighted by molar-refractivity contribution is -0.0504. The summed E-state index contributed by atoms with van der Waals surface area (Å²) in [5.41, 5.74) is 0.600. The molecule has 9 heteroatoms. The summed E-state index contributed by atoms with van der Waals surface area (Å²) in [6.45, 7) is 3.23. The first-order chi connectivity index (χ1) is 15.2. The third kappa shape index (κ3) is 8.55. The fourth-order valence-corrected chi connectivity index (χ4v) is 3.28. The molecule has 0 spiro atoms. The van der Waals surface area contributed by atoms with E-state index >= 15 is 0 Å². The van der Waals surface area contributed by atoms with Crippen LogP contribution in [-0.4, -0.2) is 63.4 Å². The Hall–Kier alpha value is -2.65. The minimum Gasteiger partial charge on any atom is -0.469 e. The van der Waals surface area contributed by atoms with E-state index in [0.717, 1.165) is 51.6 Å². The second kappa shape index (κ2) is 12.9. The number of aliphatic imine (C=N–C) groups is 1. The number of benzene rings is 1. The maximum atomic E-state index is 12.7. The van der Waals surface area contributed by atoms with Crippen LogP contribution in [0.5, 0.6) is 5.75 Å². The number of halogens is 2. The zero-order valence-corrected chi connectivity index (χ0v) is 17.6. The molecule has 0 unspecified atom stereocenters. The first-order valence-corrected chi connectivity index (χ1v) is 10.6. The molecule has 2 aromatic rings. The zero-order valence-electron chi connectivity index (χ0n) is 17.6. The SMILES string of the molecule is FC(F)Oc1ccccc1CN=C(NCCCN1CCOCC1)NCCc1ccco1. The summed E-state index contributed by atoms with van der Waals surface area (Å²) < 4.78 is 40.6. The number of alkyl halides is 2. The highest BCUT2D eigenvalue weighted by Crippen LogP contribution is 2.20. The van der Waals surface area contributed by atoms with Gasteiger partial charge >= 0.3 is 6.61 Å². The second-order valence-electron chi connectivity index (χ2n) is 7.14. The van der Waals surface area contributed by atoms with Crippen LogP contribution in [-0.2, 0) is 17.7 Å². The van der Waals surface area contributed by atoms with Crippen molar-refractivity contribution >= 4 is 5.96 Å². The molecule has 0 radical (unpaired) electrons. The van der Waals surface area contributed by atoms with Crippen LogP contribution >= 0.6 is 0 Å². The van der Waals surface area contributed by atoms with Gasteiger partial charge in [-0.25, -0.2) is 4.99 Å². The molecule has 170 valence electrons. The maximum absolute atomic E-state index is 12.7. The summed E-state index contributed by atoms with van der Waals surface area (Å²) in [5, 5.41) is 6.61. The summed E-state index contributed by atoms with van der Waals surface area (Å²) in [5.74, 6) is 1.65. The van der Waals surface area contributed by atoms with E-state index in [4.69, 9.17) is 9.15 Å². The van der Waals surface area contributed by atoms with Gasteiger partial charge in [0.1, 0.15) is 11.5 Å². The van der Waals surface area contributed by atoms with E-state index in [1.54, 1.807) is 24.5 Å². The number of furan rings is 1. The molecule has 1 aromatic carbocycles. The zero-order chi connectivity index (χ0) is 21.7. The molecule has 2 heterocycles. The molecular formula is C22H30F2N4O3. The van der Waals surface area contributed by atoms with Gasteiger partial charge in [-0.1, -0.05) is 18.2 Å². The van der Waals surface area contributed by atoms with Gasteiger partial charge in [0.2, 0.25) is 0 Å². The molecule has 2 N–H and O–H groups in total. The Bertz CT molecular complexity index is 781. The van der Waals surface area contributed by atoms with E-state index in [9.17, 15) is 8.78 Å². The molecule has 0 saturated carbocycles. The summed E-state index contributed by atoms with van der Waals surface area (Å²) in [6.07, 6.45) is 3.32. The number of nitrogens with one attached hydrogen (secondary N) is 2. The molecule has 0 aliphatic carbocycles. The number of rotatable bonds is 11. The van der Waals surface area contributed by atoms with Gasteiger partial charge in [0.15, 0.2) is 5.96 Å². The Morgan fingerprint density at radius 2 is 1.90 bits per heavy atom. The van der Waals surface area contributed by atoms with Crippen LogP contribution in [0.25, 0.3) is 0 Å². The summed E-state index contributed by atoms with van der Waals surface area (Å²) in [6, 6.07) is 10.5. The molecule has 1 aliphatic heterocycles. The van der Waals surface area contributed by atoms with Crippen molar-refractivity contribution in [2.75, 3.05) is 45.9 Å². The van der Waals surface area contributed by atoms with Crippen molar-refractivity contribution in [1.29, 1.82) is 0 Å². The highest BCUT2D eigenvalue weighted by atomic mass is 19.3. The number of para-hydroxylation sites is 1. The van der Waals surface area contributed by atoms with Gasteiger partial charge in [-0.3, -0.25) is 4.90 Å². The lowest BCUT2D eigenvalue weighted by Gasteiger charge is -2.26. The molecule has 7 nitrogen and oxygen atoms in total. The Balaban J connectivity index is 1.53. The Kier molecular flexibility index (Phi) is 9.59. The van der Waals surface area contributed by atoms with E-state index in [1.807, 2.05) is 12.1 Å². The number of hydrogen-bond acceptors (Lipinski definition) is 5. The molecule has 0 bridgehead atoms. The Morgan fingerprint density at radius 1 is 1.10 bits per heavy atom. The van der Waals surface area contributed by atoms with E-state index < -0.39 is 6.61 Å². The van der Waals surface area contributed by atoms with Crippen molar-refractivity contribution in [3.63, 3.8) is 0 Å². The minimum absolute atomic E-state index is 0.142. The van der Waals surface area contributed by atoms with Crippen LogP contribution < -0.4 is 15.4 Å². The molecule has 1 fully saturated rings.